The molecule has 146 valence electrons. The van der Waals surface area contributed by atoms with Gasteiger partial charge in [-0.15, -0.1) is 0 Å². The van der Waals surface area contributed by atoms with E-state index in [4.69, 9.17) is 9.47 Å². The lowest BCUT2D eigenvalue weighted by Crippen LogP contribution is -2.32. The quantitative estimate of drug-likeness (QED) is 0.683. The van der Waals surface area contributed by atoms with Gasteiger partial charge in [0.2, 0.25) is 0 Å². The van der Waals surface area contributed by atoms with Crippen molar-refractivity contribution in [3.05, 3.63) is 33.9 Å². The van der Waals surface area contributed by atoms with Gasteiger partial charge in [0.1, 0.15) is 0 Å². The first kappa shape index (κ1) is 22.2. The maximum atomic E-state index is 12.9. The summed E-state index contributed by atoms with van der Waals surface area (Å²) in [5.41, 5.74) is 2.47. The highest BCUT2D eigenvalue weighted by molar-refractivity contribution is 6.00. The van der Waals surface area contributed by atoms with E-state index in [0.29, 0.717) is 16.7 Å². The van der Waals surface area contributed by atoms with Crippen LogP contribution in [0, 0.1) is 0 Å². The number of methoxy groups -OCH3 is 2. The number of carbonyl (C=O) groups is 2. The lowest BCUT2D eigenvalue weighted by Gasteiger charge is -2.36. The molecule has 0 heterocycles. The van der Waals surface area contributed by atoms with E-state index in [1.54, 1.807) is 0 Å². The molecule has 0 N–H and O–H groups in total. The zero-order valence-electron chi connectivity index (χ0n) is 18.2. The smallest absolute Gasteiger partial charge is 0.338 e. The Hall–Kier alpha value is -1.84. The topological polar surface area (TPSA) is 52.6 Å². The summed E-state index contributed by atoms with van der Waals surface area (Å²) in [6.07, 6.45) is 0. The van der Waals surface area contributed by atoms with Gasteiger partial charge >= 0.3 is 11.9 Å². The Morgan fingerprint density at radius 3 is 1.42 bits per heavy atom. The molecule has 0 amide bonds. The monoisotopic (exact) mass is 362 g/mol. The molecule has 0 fully saturated rings. The first-order chi connectivity index (χ1) is 11.6. The fraction of sp³-hybridized carbons (Fsp3) is 0.636. The predicted molar refractivity (Wildman–Crippen MR) is 105 cm³/mol. The molecule has 4 heteroatoms. The van der Waals surface area contributed by atoms with Crippen LogP contribution in [0.15, 0.2) is 6.07 Å². The maximum absolute atomic E-state index is 12.9. The summed E-state index contributed by atoms with van der Waals surface area (Å²) in [6.45, 7) is 18.4. The number of esters is 2. The van der Waals surface area contributed by atoms with E-state index in [1.165, 1.54) is 14.2 Å². The molecule has 0 spiro atoms. The summed E-state index contributed by atoms with van der Waals surface area (Å²) in [5.74, 6) is -0.859. The maximum Gasteiger partial charge on any atom is 0.338 e. The third-order valence-corrected chi connectivity index (χ3v) is 4.43. The van der Waals surface area contributed by atoms with Crippen molar-refractivity contribution in [2.24, 2.45) is 0 Å². The Morgan fingerprint density at radius 2 is 1.12 bits per heavy atom. The summed E-state index contributed by atoms with van der Waals surface area (Å²) in [6, 6.07) is 1.90. The molecule has 0 saturated heterocycles. The van der Waals surface area contributed by atoms with Crippen molar-refractivity contribution in [2.75, 3.05) is 14.2 Å². The van der Waals surface area contributed by atoms with Gasteiger partial charge in [0, 0.05) is 0 Å². The van der Waals surface area contributed by atoms with E-state index in [9.17, 15) is 9.59 Å². The van der Waals surface area contributed by atoms with Crippen LogP contribution < -0.4 is 0 Å². The first-order valence-electron chi connectivity index (χ1n) is 8.96. The second-order valence-corrected chi connectivity index (χ2v) is 9.83. The van der Waals surface area contributed by atoms with E-state index >= 15 is 0 Å². The van der Waals surface area contributed by atoms with Gasteiger partial charge in [0.05, 0.1) is 25.3 Å². The van der Waals surface area contributed by atoms with Gasteiger partial charge in [-0.05, 0) is 39.0 Å². The molecule has 0 atom stereocenters. The van der Waals surface area contributed by atoms with Gasteiger partial charge in [-0.25, -0.2) is 9.59 Å². The van der Waals surface area contributed by atoms with Gasteiger partial charge < -0.3 is 9.47 Å². The van der Waals surface area contributed by atoms with Crippen molar-refractivity contribution < 1.29 is 19.1 Å². The normalized spacial score (nSPS) is 12.7. The SMILES string of the molecule is COC(=O)c1cc(C(C)(C)C)c(C(C)(C)C)c(C(=O)OC)c1C(C)(C)C. The Bertz CT molecular complexity index is 708. The molecule has 0 bridgehead atoms. The molecule has 26 heavy (non-hydrogen) atoms. The summed E-state index contributed by atoms with van der Waals surface area (Å²) in [7, 11) is 2.74. The van der Waals surface area contributed by atoms with Gasteiger partial charge in [-0.1, -0.05) is 62.3 Å². The standard InChI is InChI=1S/C22H34O4/c1-20(2,3)14-12-13(18(23)25-10)16(21(4,5)6)15(19(24)26-11)17(14)22(7,8)9/h12H,1-11H3. The third kappa shape index (κ3) is 4.28. The summed E-state index contributed by atoms with van der Waals surface area (Å²) in [4.78, 5) is 25.5. The van der Waals surface area contributed by atoms with E-state index in [-0.39, 0.29) is 10.8 Å². The van der Waals surface area contributed by atoms with Crippen LogP contribution >= 0.6 is 0 Å². The Kier molecular flexibility index (Phi) is 6.02. The van der Waals surface area contributed by atoms with Crippen LogP contribution in [0.25, 0.3) is 0 Å². The second-order valence-electron chi connectivity index (χ2n) is 9.83. The van der Waals surface area contributed by atoms with Crippen LogP contribution in [0.4, 0.5) is 0 Å². The Labute approximate surface area is 158 Å². The molecule has 4 nitrogen and oxygen atoms in total. The van der Waals surface area contributed by atoms with Gasteiger partial charge in [0.25, 0.3) is 0 Å². The fourth-order valence-electron chi connectivity index (χ4n) is 3.41. The predicted octanol–water partition coefficient (Wildman–Crippen LogP) is 5.15. The number of benzene rings is 1. The van der Waals surface area contributed by atoms with Crippen LogP contribution in [-0.2, 0) is 25.7 Å². The Morgan fingerprint density at radius 1 is 0.692 bits per heavy atom. The highest BCUT2D eigenvalue weighted by Gasteiger charge is 2.38. The lowest BCUT2D eigenvalue weighted by atomic mass is 9.68. The highest BCUT2D eigenvalue weighted by Crippen LogP contribution is 2.43. The lowest BCUT2D eigenvalue weighted by molar-refractivity contribution is 0.0591. The second kappa shape index (κ2) is 7.05. The first-order valence-corrected chi connectivity index (χ1v) is 8.96. The van der Waals surface area contributed by atoms with Gasteiger partial charge in [0.15, 0.2) is 0 Å². The van der Waals surface area contributed by atoms with Gasteiger partial charge in [-0.3, -0.25) is 0 Å². The molecule has 0 aliphatic carbocycles. The summed E-state index contributed by atoms with van der Waals surface area (Å²) < 4.78 is 10.2. The van der Waals surface area contributed by atoms with E-state index < -0.39 is 17.4 Å². The van der Waals surface area contributed by atoms with E-state index in [1.807, 2.05) is 26.8 Å². The van der Waals surface area contributed by atoms with E-state index in [2.05, 4.69) is 41.5 Å². The molecular formula is C22H34O4. The van der Waals surface area contributed by atoms with Crippen molar-refractivity contribution >= 4 is 11.9 Å². The minimum absolute atomic E-state index is 0.259. The summed E-state index contributed by atoms with van der Waals surface area (Å²) >= 11 is 0. The minimum atomic E-state index is -0.441. The molecular weight excluding hydrogens is 328 g/mol. The molecule has 0 aromatic heterocycles. The minimum Gasteiger partial charge on any atom is -0.465 e. The molecule has 0 saturated carbocycles. The van der Waals surface area contributed by atoms with Crippen LogP contribution in [0.3, 0.4) is 0 Å². The number of hydrogen-bond acceptors (Lipinski definition) is 4. The average Bonchev–Trinajstić information content (AvgIpc) is 2.48. The molecule has 1 aromatic carbocycles. The van der Waals surface area contributed by atoms with Crippen molar-refractivity contribution in [3.8, 4) is 0 Å². The van der Waals surface area contributed by atoms with Crippen molar-refractivity contribution in [1.82, 2.24) is 0 Å². The molecule has 0 unspecified atom stereocenters. The van der Waals surface area contributed by atoms with Crippen molar-refractivity contribution in [1.29, 1.82) is 0 Å². The third-order valence-electron chi connectivity index (χ3n) is 4.43. The summed E-state index contributed by atoms with van der Waals surface area (Å²) in [5, 5.41) is 0. The number of carbonyl (C=O) groups excluding carboxylic acids is 2. The number of hydrogen-bond donors (Lipinski definition) is 0. The van der Waals surface area contributed by atoms with Crippen LogP contribution in [0.1, 0.15) is 99.7 Å². The number of rotatable bonds is 2. The molecule has 0 aliphatic heterocycles. The zero-order valence-corrected chi connectivity index (χ0v) is 18.2. The number of ether oxygens (including phenoxy) is 2. The largest absolute Gasteiger partial charge is 0.465 e. The van der Waals surface area contributed by atoms with Crippen molar-refractivity contribution in [2.45, 2.75) is 78.6 Å². The Balaban J connectivity index is 4.32. The zero-order chi connectivity index (χ0) is 20.7. The van der Waals surface area contributed by atoms with Crippen LogP contribution in [-0.4, -0.2) is 26.2 Å². The molecule has 1 aromatic rings. The molecule has 0 radical (unpaired) electrons. The molecule has 1 rings (SSSR count). The highest BCUT2D eigenvalue weighted by atomic mass is 16.5. The van der Waals surface area contributed by atoms with Crippen molar-refractivity contribution in [3.63, 3.8) is 0 Å². The molecule has 0 aliphatic rings. The average molecular weight is 363 g/mol. The van der Waals surface area contributed by atoms with E-state index in [0.717, 1.165) is 11.1 Å². The van der Waals surface area contributed by atoms with Gasteiger partial charge in [-0.2, -0.15) is 0 Å². The van der Waals surface area contributed by atoms with Crippen LogP contribution in [0.5, 0.6) is 0 Å². The fourth-order valence-corrected chi connectivity index (χ4v) is 3.41. The van der Waals surface area contributed by atoms with Crippen LogP contribution in [0.2, 0.25) is 0 Å².